The largest absolute Gasteiger partial charge is 0.454 e. The van der Waals surface area contributed by atoms with E-state index in [1.807, 2.05) is 0 Å². The Hall–Kier alpha value is -6.90. The van der Waals surface area contributed by atoms with E-state index in [0.29, 0.717) is 0 Å². The van der Waals surface area contributed by atoms with Crippen LogP contribution in [0.15, 0.2) is 205 Å². The van der Waals surface area contributed by atoms with E-state index < -0.39 is 0 Å². The summed E-state index contributed by atoms with van der Waals surface area (Å²) in [6.07, 6.45) is 0. The van der Waals surface area contributed by atoms with Gasteiger partial charge in [0.25, 0.3) is 0 Å². The van der Waals surface area contributed by atoms with E-state index in [1.165, 1.54) is 54.9 Å². The summed E-state index contributed by atoms with van der Waals surface area (Å²) in [4.78, 5) is 2.33. The normalized spacial score (nSPS) is 11.5. The molecule has 10 aromatic rings. The van der Waals surface area contributed by atoms with Gasteiger partial charge in [-0.1, -0.05) is 158 Å². The average Bonchev–Trinajstić information content (AvgIpc) is 3.61. The van der Waals surface area contributed by atoms with Gasteiger partial charge in [-0.2, -0.15) is 0 Å². The fraction of sp³-hybridized carbons (Fsp3) is 0. The molecule has 52 heavy (non-hydrogen) atoms. The molecule has 2 nitrogen and oxygen atoms in total. The zero-order valence-electron chi connectivity index (χ0n) is 28.4. The molecule has 0 amide bonds. The minimum Gasteiger partial charge on any atom is -0.454 e. The lowest BCUT2D eigenvalue weighted by Crippen LogP contribution is -2.10. The Bertz CT molecular complexity index is 2890. The second kappa shape index (κ2) is 12.5. The number of furan rings is 1. The van der Waals surface area contributed by atoms with Gasteiger partial charge >= 0.3 is 0 Å². The van der Waals surface area contributed by atoms with Gasteiger partial charge < -0.3 is 9.32 Å². The standard InChI is InChI=1S/C50H33NO/c1-2-12-39(13-3-1)45-16-9-19-48-49(45)46-17-8-18-47(50(46)52-48)51(44-31-28-35-11-5-7-15-41(35)33-44)43-29-26-37(27-30-43)36-20-22-38(23-21-36)42-25-24-34-10-4-6-14-40(34)32-42/h1-33H. The van der Waals surface area contributed by atoms with E-state index in [4.69, 9.17) is 4.42 Å². The van der Waals surface area contributed by atoms with Crippen molar-refractivity contribution in [3.05, 3.63) is 200 Å². The molecule has 1 aromatic heterocycles. The smallest absolute Gasteiger partial charge is 0.159 e. The van der Waals surface area contributed by atoms with E-state index >= 15 is 0 Å². The van der Waals surface area contributed by atoms with Crippen molar-refractivity contribution in [1.82, 2.24) is 0 Å². The molecule has 0 spiro atoms. The molecule has 2 heteroatoms. The summed E-state index contributed by atoms with van der Waals surface area (Å²) in [6.45, 7) is 0. The SMILES string of the molecule is c1ccc(-c2cccc3oc4c(N(c5ccc(-c6ccc(-c7ccc8ccccc8c7)cc6)cc5)c5ccc6ccccc6c5)cccc4c23)cc1. The predicted octanol–water partition coefficient (Wildman–Crippen LogP) is 14.4. The van der Waals surface area contributed by atoms with Gasteiger partial charge in [-0.05, 0) is 97.4 Å². The first-order valence-corrected chi connectivity index (χ1v) is 17.8. The van der Waals surface area contributed by atoms with Crippen LogP contribution >= 0.6 is 0 Å². The van der Waals surface area contributed by atoms with Gasteiger partial charge in [0.05, 0.1) is 5.69 Å². The van der Waals surface area contributed by atoms with E-state index in [-0.39, 0.29) is 0 Å². The first-order valence-electron chi connectivity index (χ1n) is 17.8. The second-order valence-electron chi connectivity index (χ2n) is 13.4. The fourth-order valence-corrected chi connectivity index (χ4v) is 7.64. The zero-order chi connectivity index (χ0) is 34.4. The topological polar surface area (TPSA) is 16.4 Å². The number of hydrogen-bond donors (Lipinski definition) is 0. The monoisotopic (exact) mass is 663 g/mol. The van der Waals surface area contributed by atoms with Crippen LogP contribution in [0.2, 0.25) is 0 Å². The highest BCUT2D eigenvalue weighted by atomic mass is 16.3. The van der Waals surface area contributed by atoms with Crippen molar-refractivity contribution in [1.29, 1.82) is 0 Å². The van der Waals surface area contributed by atoms with Crippen molar-refractivity contribution in [2.45, 2.75) is 0 Å². The molecule has 0 radical (unpaired) electrons. The van der Waals surface area contributed by atoms with Crippen molar-refractivity contribution < 1.29 is 4.42 Å². The Balaban J connectivity index is 1.07. The number of hydrogen-bond acceptors (Lipinski definition) is 2. The van der Waals surface area contributed by atoms with E-state index in [0.717, 1.165) is 39.0 Å². The fourth-order valence-electron chi connectivity index (χ4n) is 7.64. The zero-order valence-corrected chi connectivity index (χ0v) is 28.4. The molecule has 244 valence electrons. The van der Waals surface area contributed by atoms with Gasteiger partial charge in [0.1, 0.15) is 5.58 Å². The summed E-state index contributed by atoms with van der Waals surface area (Å²) in [6, 6.07) is 71.6. The number of benzene rings is 9. The molecule has 0 aliphatic heterocycles. The van der Waals surface area contributed by atoms with Crippen molar-refractivity contribution >= 4 is 60.5 Å². The summed E-state index contributed by atoms with van der Waals surface area (Å²) in [5, 5.41) is 7.14. The molecule has 0 N–H and O–H groups in total. The number of para-hydroxylation sites is 1. The van der Waals surface area contributed by atoms with Gasteiger partial charge in [-0.3, -0.25) is 0 Å². The molecule has 0 saturated carbocycles. The molecular formula is C50H33NO. The molecule has 9 aromatic carbocycles. The molecule has 0 unspecified atom stereocenters. The van der Waals surface area contributed by atoms with Gasteiger partial charge in [-0.15, -0.1) is 0 Å². The maximum absolute atomic E-state index is 6.78. The summed E-state index contributed by atoms with van der Waals surface area (Å²) in [5.74, 6) is 0. The van der Waals surface area contributed by atoms with Crippen LogP contribution in [0.1, 0.15) is 0 Å². The van der Waals surface area contributed by atoms with Crippen LogP contribution in [-0.4, -0.2) is 0 Å². The average molecular weight is 664 g/mol. The van der Waals surface area contributed by atoms with Crippen LogP contribution in [0.4, 0.5) is 17.1 Å². The summed E-state index contributed by atoms with van der Waals surface area (Å²) < 4.78 is 6.78. The highest BCUT2D eigenvalue weighted by molar-refractivity contribution is 6.16. The first-order chi connectivity index (χ1) is 25.8. The highest BCUT2D eigenvalue weighted by Crippen LogP contribution is 2.45. The van der Waals surface area contributed by atoms with Crippen LogP contribution in [0, 0.1) is 0 Å². The number of nitrogens with zero attached hydrogens (tertiary/aromatic N) is 1. The molecule has 0 aliphatic carbocycles. The van der Waals surface area contributed by atoms with E-state index in [9.17, 15) is 0 Å². The van der Waals surface area contributed by atoms with Crippen LogP contribution in [0.25, 0.3) is 76.9 Å². The predicted molar refractivity (Wildman–Crippen MR) is 220 cm³/mol. The van der Waals surface area contributed by atoms with Crippen molar-refractivity contribution in [2.75, 3.05) is 4.90 Å². The Labute approximate surface area is 302 Å². The van der Waals surface area contributed by atoms with Crippen molar-refractivity contribution in [3.8, 4) is 33.4 Å². The quantitative estimate of drug-likeness (QED) is 0.176. The lowest BCUT2D eigenvalue weighted by molar-refractivity contribution is 0.669. The van der Waals surface area contributed by atoms with Crippen LogP contribution in [0.3, 0.4) is 0 Å². The Morgan fingerprint density at radius 2 is 0.904 bits per heavy atom. The lowest BCUT2D eigenvalue weighted by Gasteiger charge is -2.26. The number of anilines is 3. The first kappa shape index (κ1) is 30.0. The van der Waals surface area contributed by atoms with Gasteiger partial charge in [-0.25, -0.2) is 0 Å². The van der Waals surface area contributed by atoms with Crippen molar-refractivity contribution in [3.63, 3.8) is 0 Å². The van der Waals surface area contributed by atoms with Gasteiger partial charge in [0, 0.05) is 22.1 Å². The van der Waals surface area contributed by atoms with Crippen molar-refractivity contribution in [2.24, 2.45) is 0 Å². The number of rotatable bonds is 6. The minimum absolute atomic E-state index is 0.863. The van der Waals surface area contributed by atoms with E-state index in [2.05, 4.69) is 205 Å². The maximum Gasteiger partial charge on any atom is 0.159 e. The van der Waals surface area contributed by atoms with E-state index in [1.54, 1.807) is 0 Å². The summed E-state index contributed by atoms with van der Waals surface area (Å²) in [5.41, 5.74) is 12.0. The lowest BCUT2D eigenvalue weighted by atomic mass is 9.98. The van der Waals surface area contributed by atoms with Gasteiger partial charge in [0.15, 0.2) is 5.58 Å². The third kappa shape index (κ3) is 5.21. The third-order valence-corrected chi connectivity index (χ3v) is 10.2. The van der Waals surface area contributed by atoms with Gasteiger partial charge in [0.2, 0.25) is 0 Å². The minimum atomic E-state index is 0.863. The molecule has 0 aliphatic rings. The molecular weight excluding hydrogens is 631 g/mol. The van der Waals surface area contributed by atoms with Crippen LogP contribution in [-0.2, 0) is 0 Å². The molecule has 0 atom stereocenters. The summed E-state index contributed by atoms with van der Waals surface area (Å²) in [7, 11) is 0. The molecule has 0 saturated heterocycles. The van der Waals surface area contributed by atoms with Crippen LogP contribution in [0.5, 0.6) is 0 Å². The molecule has 0 fully saturated rings. The molecule has 1 heterocycles. The van der Waals surface area contributed by atoms with Crippen LogP contribution < -0.4 is 4.90 Å². The summed E-state index contributed by atoms with van der Waals surface area (Å²) >= 11 is 0. The highest BCUT2D eigenvalue weighted by Gasteiger charge is 2.21. The Morgan fingerprint density at radius 3 is 1.63 bits per heavy atom. The second-order valence-corrected chi connectivity index (χ2v) is 13.4. The number of fused-ring (bicyclic) bond motifs is 5. The Kier molecular flexibility index (Phi) is 7.18. The Morgan fingerprint density at radius 1 is 0.346 bits per heavy atom. The molecule has 10 rings (SSSR count). The third-order valence-electron chi connectivity index (χ3n) is 10.2. The molecule has 0 bridgehead atoms. The maximum atomic E-state index is 6.78.